The first-order valence-corrected chi connectivity index (χ1v) is 4.39. The maximum Gasteiger partial charge on any atom is 0.371 e. The Morgan fingerprint density at radius 3 is 2.44 bits per heavy atom. The Labute approximate surface area is 90.1 Å². The number of carboxylic acid groups (broad SMARTS) is 1. The van der Waals surface area contributed by atoms with Gasteiger partial charge in [-0.2, -0.15) is 0 Å². The smallest absolute Gasteiger partial charge is 0.371 e. The molecule has 1 heterocycles. The molecule has 0 aliphatic rings. The van der Waals surface area contributed by atoms with E-state index in [0.717, 1.165) is 6.07 Å². The lowest BCUT2D eigenvalue weighted by atomic mass is 10.1. The van der Waals surface area contributed by atoms with Gasteiger partial charge in [-0.1, -0.05) is 0 Å². The fourth-order valence-corrected chi connectivity index (χ4v) is 1.13. The second-order valence-corrected chi connectivity index (χ2v) is 3.19. The molecule has 0 aliphatic carbocycles. The van der Waals surface area contributed by atoms with Gasteiger partial charge in [0.1, 0.15) is 11.9 Å². The van der Waals surface area contributed by atoms with Gasteiger partial charge in [-0.05, 0) is 12.1 Å². The van der Waals surface area contributed by atoms with Gasteiger partial charge in [0.15, 0.2) is 0 Å². The van der Waals surface area contributed by atoms with Crippen LogP contribution >= 0.6 is 0 Å². The molecule has 0 bridgehead atoms. The van der Waals surface area contributed by atoms with Crippen LogP contribution in [0.4, 0.5) is 0 Å². The molecule has 0 aliphatic heterocycles. The lowest BCUT2D eigenvalue weighted by Crippen LogP contribution is -2.25. The van der Waals surface area contributed by atoms with Crippen molar-refractivity contribution in [3.05, 3.63) is 23.7 Å². The van der Waals surface area contributed by atoms with Crippen molar-refractivity contribution in [3.63, 3.8) is 0 Å². The van der Waals surface area contributed by atoms with Crippen molar-refractivity contribution in [3.8, 4) is 0 Å². The van der Waals surface area contributed by atoms with Crippen LogP contribution in [-0.2, 0) is 4.79 Å². The molecule has 0 saturated carbocycles. The van der Waals surface area contributed by atoms with E-state index in [0.29, 0.717) is 0 Å². The van der Waals surface area contributed by atoms with Crippen LogP contribution in [-0.4, -0.2) is 33.3 Å². The summed E-state index contributed by atoms with van der Waals surface area (Å²) in [5.41, 5.74) is 4.83. The van der Waals surface area contributed by atoms with Gasteiger partial charge in [0, 0.05) is 0 Å². The molecule has 0 fully saturated rings. The van der Waals surface area contributed by atoms with E-state index in [1.165, 1.54) is 6.07 Å². The Balaban J connectivity index is 2.75. The molecule has 88 valence electrons. The van der Waals surface area contributed by atoms with Crippen LogP contribution in [0.25, 0.3) is 0 Å². The third-order valence-corrected chi connectivity index (χ3v) is 1.90. The van der Waals surface area contributed by atoms with E-state index in [1.807, 2.05) is 0 Å². The summed E-state index contributed by atoms with van der Waals surface area (Å²) in [6.07, 6.45) is -3.35. The van der Waals surface area contributed by atoms with Crippen LogP contribution in [0.3, 0.4) is 0 Å². The highest BCUT2D eigenvalue weighted by molar-refractivity contribution is 5.84. The molecule has 1 aromatic heterocycles. The van der Waals surface area contributed by atoms with Crippen LogP contribution in [0.1, 0.15) is 28.8 Å². The second-order valence-electron chi connectivity index (χ2n) is 3.19. The van der Waals surface area contributed by atoms with Gasteiger partial charge in [0.2, 0.25) is 11.7 Å². The zero-order valence-corrected chi connectivity index (χ0v) is 8.16. The number of aliphatic hydroxyl groups excluding tert-OH is 2. The Bertz CT molecular complexity index is 398. The maximum atomic E-state index is 10.5. The standard InChI is InChI=1S/C9H11NO6/c10-7(12)3-4(11)8(13)5-1-2-6(16-5)9(14)15/h1-2,4,8,11,13H,3H2,(H2,10,12)(H,14,15). The average Bonchev–Trinajstić information content (AvgIpc) is 2.64. The number of rotatable bonds is 5. The topological polar surface area (TPSA) is 134 Å². The van der Waals surface area contributed by atoms with Crippen molar-refractivity contribution in [1.29, 1.82) is 0 Å². The Morgan fingerprint density at radius 1 is 1.38 bits per heavy atom. The molecule has 0 radical (unpaired) electrons. The van der Waals surface area contributed by atoms with Crippen LogP contribution in [0.2, 0.25) is 0 Å². The van der Waals surface area contributed by atoms with E-state index in [2.05, 4.69) is 0 Å². The number of aliphatic hydroxyl groups is 2. The maximum absolute atomic E-state index is 10.5. The van der Waals surface area contributed by atoms with Crippen molar-refractivity contribution in [1.82, 2.24) is 0 Å². The molecule has 1 aromatic rings. The Hall–Kier alpha value is -1.86. The van der Waals surface area contributed by atoms with Crippen LogP contribution in [0.5, 0.6) is 0 Å². The predicted octanol–water partition coefficient (Wildman–Crippen LogP) is -0.753. The number of amides is 1. The SMILES string of the molecule is NC(=O)CC(O)C(O)c1ccc(C(=O)O)o1. The number of nitrogens with two attached hydrogens (primary N) is 1. The van der Waals surface area contributed by atoms with Gasteiger partial charge < -0.3 is 25.5 Å². The number of primary amides is 1. The molecule has 1 rings (SSSR count). The molecule has 0 saturated heterocycles. The highest BCUT2D eigenvalue weighted by Crippen LogP contribution is 2.21. The lowest BCUT2D eigenvalue weighted by molar-refractivity contribution is -0.122. The Morgan fingerprint density at radius 2 is 2.00 bits per heavy atom. The van der Waals surface area contributed by atoms with E-state index < -0.39 is 30.5 Å². The summed E-state index contributed by atoms with van der Waals surface area (Å²) < 4.78 is 4.75. The number of aromatic carboxylic acids is 1. The fraction of sp³-hybridized carbons (Fsp3) is 0.333. The van der Waals surface area contributed by atoms with E-state index in [4.69, 9.17) is 15.3 Å². The highest BCUT2D eigenvalue weighted by Gasteiger charge is 2.24. The van der Waals surface area contributed by atoms with E-state index in [9.17, 15) is 19.8 Å². The molecule has 1 amide bonds. The molecule has 7 nitrogen and oxygen atoms in total. The molecule has 2 atom stereocenters. The first-order valence-electron chi connectivity index (χ1n) is 4.39. The number of furan rings is 1. The summed E-state index contributed by atoms with van der Waals surface area (Å²) in [6.45, 7) is 0. The summed E-state index contributed by atoms with van der Waals surface area (Å²) in [6, 6.07) is 2.34. The summed E-state index contributed by atoms with van der Waals surface area (Å²) in [5.74, 6) is -2.56. The van der Waals surface area contributed by atoms with Gasteiger partial charge in [-0.25, -0.2) is 4.79 Å². The summed E-state index contributed by atoms with van der Waals surface area (Å²) >= 11 is 0. The summed E-state index contributed by atoms with van der Waals surface area (Å²) in [4.78, 5) is 21.0. The zero-order valence-electron chi connectivity index (χ0n) is 8.16. The number of hydrogen-bond donors (Lipinski definition) is 4. The number of carbonyl (C=O) groups is 2. The molecule has 0 spiro atoms. The van der Waals surface area contributed by atoms with Gasteiger partial charge in [0.25, 0.3) is 0 Å². The minimum absolute atomic E-state index is 0.133. The second kappa shape index (κ2) is 4.77. The molecule has 16 heavy (non-hydrogen) atoms. The van der Waals surface area contributed by atoms with Gasteiger partial charge in [-0.3, -0.25) is 4.79 Å². The highest BCUT2D eigenvalue weighted by atomic mass is 16.4. The van der Waals surface area contributed by atoms with Crippen LogP contribution in [0.15, 0.2) is 16.5 Å². The monoisotopic (exact) mass is 229 g/mol. The largest absolute Gasteiger partial charge is 0.475 e. The molecular weight excluding hydrogens is 218 g/mol. The number of carbonyl (C=O) groups excluding carboxylic acids is 1. The van der Waals surface area contributed by atoms with Crippen molar-refractivity contribution >= 4 is 11.9 Å². The van der Waals surface area contributed by atoms with E-state index in [1.54, 1.807) is 0 Å². The van der Waals surface area contributed by atoms with Gasteiger partial charge in [0.05, 0.1) is 12.5 Å². The lowest BCUT2D eigenvalue weighted by Gasteiger charge is -2.13. The third-order valence-electron chi connectivity index (χ3n) is 1.90. The van der Waals surface area contributed by atoms with Crippen LogP contribution < -0.4 is 5.73 Å². The molecule has 2 unspecified atom stereocenters. The van der Waals surface area contributed by atoms with Crippen LogP contribution in [0, 0.1) is 0 Å². The van der Waals surface area contributed by atoms with Gasteiger partial charge >= 0.3 is 5.97 Å². The fourth-order valence-electron chi connectivity index (χ4n) is 1.13. The average molecular weight is 229 g/mol. The Kier molecular flexibility index (Phi) is 3.64. The first-order chi connectivity index (χ1) is 7.41. The van der Waals surface area contributed by atoms with E-state index in [-0.39, 0.29) is 11.5 Å². The quantitative estimate of drug-likeness (QED) is 0.524. The van der Waals surface area contributed by atoms with Crippen molar-refractivity contribution in [2.75, 3.05) is 0 Å². The number of carboxylic acids is 1. The first kappa shape index (κ1) is 12.2. The minimum atomic E-state index is -1.49. The van der Waals surface area contributed by atoms with Crippen molar-refractivity contribution < 1.29 is 29.3 Å². The number of hydrogen-bond acceptors (Lipinski definition) is 5. The molecule has 0 aromatic carbocycles. The molecule has 7 heteroatoms. The normalized spacial score (nSPS) is 14.4. The summed E-state index contributed by atoms with van der Waals surface area (Å²) in [7, 11) is 0. The van der Waals surface area contributed by atoms with Crippen molar-refractivity contribution in [2.45, 2.75) is 18.6 Å². The third kappa shape index (κ3) is 2.81. The predicted molar refractivity (Wildman–Crippen MR) is 50.4 cm³/mol. The van der Waals surface area contributed by atoms with E-state index >= 15 is 0 Å². The summed E-state index contributed by atoms with van der Waals surface area (Å²) in [5, 5.41) is 27.4. The van der Waals surface area contributed by atoms with Crippen molar-refractivity contribution in [2.24, 2.45) is 5.73 Å². The molecule has 5 N–H and O–H groups in total. The zero-order chi connectivity index (χ0) is 12.3. The molecular formula is C9H11NO6. The van der Waals surface area contributed by atoms with Gasteiger partial charge in [-0.15, -0.1) is 0 Å². The minimum Gasteiger partial charge on any atom is -0.475 e.